The summed E-state index contributed by atoms with van der Waals surface area (Å²) in [6, 6.07) is 13.8. The predicted molar refractivity (Wildman–Crippen MR) is 79.6 cm³/mol. The number of hydrogen-bond acceptors (Lipinski definition) is 3. The van der Waals surface area contributed by atoms with Gasteiger partial charge >= 0.3 is 0 Å². The van der Waals surface area contributed by atoms with Gasteiger partial charge in [-0.25, -0.2) is 0 Å². The number of nitrogens with two attached hydrogens (primary N) is 1. The van der Waals surface area contributed by atoms with Crippen LogP contribution in [0.4, 0.5) is 5.69 Å². The summed E-state index contributed by atoms with van der Waals surface area (Å²) in [5.41, 5.74) is 8.40. The first kappa shape index (κ1) is 14.1. The lowest BCUT2D eigenvalue weighted by atomic mass is 10.1. The Morgan fingerprint density at radius 1 is 1.25 bits per heavy atom. The monoisotopic (exact) mass is 270 g/mol. The third-order valence-electron chi connectivity index (χ3n) is 3.10. The van der Waals surface area contributed by atoms with Crippen molar-refractivity contribution < 1.29 is 9.90 Å². The molecule has 1 amide bonds. The Balaban J connectivity index is 2.01. The highest BCUT2D eigenvalue weighted by atomic mass is 16.3. The van der Waals surface area contributed by atoms with E-state index < -0.39 is 6.04 Å². The van der Waals surface area contributed by atoms with Crippen molar-refractivity contribution in [2.24, 2.45) is 5.73 Å². The largest absolute Gasteiger partial charge is 0.508 e. The minimum absolute atomic E-state index is 0.175. The molecular weight excluding hydrogens is 252 g/mol. The van der Waals surface area contributed by atoms with Crippen molar-refractivity contribution in [3.63, 3.8) is 0 Å². The number of phenols is 1. The Bertz CT molecular complexity index is 597. The summed E-state index contributed by atoms with van der Waals surface area (Å²) in [5.74, 6) is -0.0586. The summed E-state index contributed by atoms with van der Waals surface area (Å²) >= 11 is 0. The van der Waals surface area contributed by atoms with E-state index in [0.29, 0.717) is 12.1 Å². The van der Waals surface area contributed by atoms with Crippen molar-refractivity contribution in [3.05, 3.63) is 59.7 Å². The Kier molecular flexibility index (Phi) is 4.38. The third-order valence-corrected chi connectivity index (χ3v) is 3.10. The van der Waals surface area contributed by atoms with Gasteiger partial charge in [-0.15, -0.1) is 0 Å². The molecule has 4 heteroatoms. The number of hydrogen-bond donors (Lipinski definition) is 3. The lowest BCUT2D eigenvalue weighted by Gasteiger charge is -2.14. The molecule has 2 aromatic carbocycles. The molecule has 0 heterocycles. The van der Waals surface area contributed by atoms with Gasteiger partial charge in [-0.3, -0.25) is 4.79 Å². The number of carbonyl (C=O) groups excluding carboxylic acids is 1. The molecule has 0 aliphatic heterocycles. The molecule has 4 nitrogen and oxygen atoms in total. The SMILES string of the molecule is Cc1cc(O)ccc1NC(=O)[C@H](N)Cc1ccccc1. The molecule has 1 atom stereocenters. The number of amides is 1. The number of aromatic hydroxyl groups is 1. The van der Waals surface area contributed by atoms with Crippen LogP contribution in [-0.4, -0.2) is 17.1 Å². The topological polar surface area (TPSA) is 75.3 Å². The van der Waals surface area contributed by atoms with Gasteiger partial charge in [0.15, 0.2) is 0 Å². The highest BCUT2D eigenvalue weighted by Gasteiger charge is 2.15. The van der Waals surface area contributed by atoms with Crippen LogP contribution in [0.5, 0.6) is 5.75 Å². The van der Waals surface area contributed by atoms with Crippen molar-refractivity contribution in [2.45, 2.75) is 19.4 Å². The average molecular weight is 270 g/mol. The number of aryl methyl sites for hydroxylation is 1. The van der Waals surface area contributed by atoms with Gasteiger partial charge in [0.25, 0.3) is 0 Å². The molecule has 0 spiro atoms. The van der Waals surface area contributed by atoms with Crippen LogP contribution in [0.15, 0.2) is 48.5 Å². The second-order valence-electron chi connectivity index (χ2n) is 4.78. The summed E-state index contributed by atoms with van der Waals surface area (Å²) < 4.78 is 0. The zero-order valence-corrected chi connectivity index (χ0v) is 11.3. The number of rotatable bonds is 4. The van der Waals surface area contributed by atoms with Gasteiger partial charge in [0, 0.05) is 5.69 Å². The van der Waals surface area contributed by atoms with E-state index >= 15 is 0 Å². The zero-order chi connectivity index (χ0) is 14.5. The first-order valence-corrected chi connectivity index (χ1v) is 6.46. The maximum Gasteiger partial charge on any atom is 0.241 e. The van der Waals surface area contributed by atoms with Gasteiger partial charge in [-0.2, -0.15) is 0 Å². The maximum atomic E-state index is 12.1. The number of phenolic OH excluding ortho intramolecular Hbond substituents is 1. The maximum absolute atomic E-state index is 12.1. The number of anilines is 1. The molecule has 4 N–H and O–H groups in total. The quantitative estimate of drug-likeness (QED) is 0.746. The van der Waals surface area contributed by atoms with Crippen molar-refractivity contribution in [3.8, 4) is 5.75 Å². The molecule has 0 aliphatic rings. The smallest absolute Gasteiger partial charge is 0.241 e. The molecule has 0 aliphatic carbocycles. The Hall–Kier alpha value is -2.33. The van der Waals surface area contributed by atoms with E-state index in [2.05, 4.69) is 5.32 Å². The van der Waals surface area contributed by atoms with Gasteiger partial charge in [0.1, 0.15) is 5.75 Å². The van der Waals surface area contributed by atoms with Crippen molar-refractivity contribution in [2.75, 3.05) is 5.32 Å². The summed E-state index contributed by atoms with van der Waals surface area (Å²) in [6.07, 6.45) is 0.490. The van der Waals surface area contributed by atoms with Crippen LogP contribution in [-0.2, 0) is 11.2 Å². The highest BCUT2D eigenvalue weighted by Crippen LogP contribution is 2.20. The number of nitrogens with one attached hydrogen (secondary N) is 1. The summed E-state index contributed by atoms with van der Waals surface area (Å²) in [6.45, 7) is 1.82. The predicted octanol–water partition coefficient (Wildman–Crippen LogP) is 2.21. The van der Waals surface area contributed by atoms with Crippen molar-refractivity contribution >= 4 is 11.6 Å². The first-order chi connectivity index (χ1) is 9.56. The van der Waals surface area contributed by atoms with Crippen LogP contribution >= 0.6 is 0 Å². The second-order valence-corrected chi connectivity index (χ2v) is 4.78. The van der Waals surface area contributed by atoms with Crippen LogP contribution in [0.1, 0.15) is 11.1 Å². The Morgan fingerprint density at radius 3 is 2.60 bits per heavy atom. The van der Waals surface area contributed by atoms with E-state index in [0.717, 1.165) is 11.1 Å². The zero-order valence-electron chi connectivity index (χ0n) is 11.3. The molecule has 104 valence electrons. The van der Waals surface area contributed by atoms with E-state index in [4.69, 9.17) is 5.73 Å². The van der Waals surface area contributed by atoms with Crippen LogP contribution < -0.4 is 11.1 Å². The van der Waals surface area contributed by atoms with Crippen LogP contribution in [0.3, 0.4) is 0 Å². The normalized spacial score (nSPS) is 11.9. The van der Waals surface area contributed by atoms with Crippen LogP contribution in [0.2, 0.25) is 0 Å². The number of benzene rings is 2. The molecule has 20 heavy (non-hydrogen) atoms. The first-order valence-electron chi connectivity index (χ1n) is 6.46. The molecule has 0 unspecified atom stereocenters. The highest BCUT2D eigenvalue weighted by molar-refractivity contribution is 5.95. The third kappa shape index (κ3) is 3.59. The van der Waals surface area contributed by atoms with E-state index in [1.54, 1.807) is 12.1 Å². The molecule has 0 saturated carbocycles. The van der Waals surface area contributed by atoms with E-state index in [1.165, 1.54) is 6.07 Å². The Labute approximate surface area is 118 Å². The fourth-order valence-electron chi connectivity index (χ4n) is 1.97. The van der Waals surface area contributed by atoms with E-state index in [9.17, 15) is 9.90 Å². The lowest BCUT2D eigenvalue weighted by molar-refractivity contribution is -0.117. The van der Waals surface area contributed by atoms with Crippen LogP contribution in [0.25, 0.3) is 0 Å². The molecule has 0 fully saturated rings. The lowest BCUT2D eigenvalue weighted by Crippen LogP contribution is -2.37. The van der Waals surface area contributed by atoms with Gasteiger partial charge in [-0.1, -0.05) is 30.3 Å². The Morgan fingerprint density at radius 2 is 1.95 bits per heavy atom. The molecule has 0 aromatic heterocycles. The molecule has 0 radical (unpaired) electrons. The van der Waals surface area contributed by atoms with E-state index in [-0.39, 0.29) is 11.7 Å². The van der Waals surface area contributed by atoms with Crippen molar-refractivity contribution in [1.82, 2.24) is 0 Å². The molecule has 0 saturated heterocycles. The minimum atomic E-state index is -0.606. The van der Waals surface area contributed by atoms with Gasteiger partial charge < -0.3 is 16.2 Å². The fraction of sp³-hybridized carbons (Fsp3) is 0.188. The number of carbonyl (C=O) groups is 1. The second kappa shape index (κ2) is 6.21. The summed E-state index contributed by atoms with van der Waals surface area (Å²) in [7, 11) is 0. The van der Waals surface area contributed by atoms with Gasteiger partial charge in [-0.05, 0) is 42.7 Å². The molecule has 2 aromatic rings. The summed E-state index contributed by atoms with van der Waals surface area (Å²) in [5, 5.41) is 12.1. The van der Waals surface area contributed by atoms with Crippen molar-refractivity contribution in [1.29, 1.82) is 0 Å². The molecule has 0 bridgehead atoms. The van der Waals surface area contributed by atoms with Crippen LogP contribution in [0, 0.1) is 6.92 Å². The summed E-state index contributed by atoms with van der Waals surface area (Å²) in [4.78, 5) is 12.1. The fourth-order valence-corrected chi connectivity index (χ4v) is 1.97. The minimum Gasteiger partial charge on any atom is -0.508 e. The molecule has 2 rings (SSSR count). The van der Waals surface area contributed by atoms with Gasteiger partial charge in [0.05, 0.1) is 6.04 Å². The van der Waals surface area contributed by atoms with E-state index in [1.807, 2.05) is 37.3 Å². The molecular formula is C16H18N2O2. The van der Waals surface area contributed by atoms with Gasteiger partial charge in [0.2, 0.25) is 5.91 Å². The average Bonchev–Trinajstić information content (AvgIpc) is 2.43. The standard InChI is InChI=1S/C16H18N2O2/c1-11-9-13(19)7-8-15(11)18-16(20)14(17)10-12-5-3-2-4-6-12/h2-9,14,19H,10,17H2,1H3,(H,18,20)/t14-/m1/s1.